The Hall–Kier alpha value is -0.940. The Morgan fingerprint density at radius 1 is 1.00 bits per heavy atom. The fourth-order valence-corrected chi connectivity index (χ4v) is 3.20. The Morgan fingerprint density at radius 3 is 1.93 bits per heavy atom. The van der Waals surface area contributed by atoms with Gasteiger partial charge in [-0.2, -0.15) is 0 Å². The van der Waals surface area contributed by atoms with Crippen molar-refractivity contribution in [1.29, 1.82) is 0 Å². The van der Waals surface area contributed by atoms with Crippen molar-refractivity contribution >= 4 is 0 Å². The third kappa shape index (κ3) is 10.8. The highest BCUT2D eigenvalue weighted by atomic mass is 16.3. The number of nitrogens with zero attached hydrogens (tertiary/aromatic N) is 1. The van der Waals surface area contributed by atoms with Crippen LogP contribution >= 0.6 is 0 Å². The number of hydrogen-bond acceptors (Lipinski definition) is 4. The number of aliphatic hydroxyl groups excluding tert-OH is 2. The van der Waals surface area contributed by atoms with Crippen LogP contribution in [0.2, 0.25) is 0 Å². The van der Waals surface area contributed by atoms with Gasteiger partial charge >= 0.3 is 0 Å². The predicted molar refractivity (Wildman–Crippen MR) is 119 cm³/mol. The van der Waals surface area contributed by atoms with E-state index in [4.69, 9.17) is 5.11 Å². The molecule has 1 aliphatic rings. The topological polar surface area (TPSA) is 63.9 Å². The average molecular weight is 386 g/mol. The van der Waals surface area contributed by atoms with Crippen molar-refractivity contribution in [1.82, 2.24) is 4.90 Å². The number of likely N-dealkylation sites (N-methyl/N-ethyl adjacent to an activating group) is 1. The van der Waals surface area contributed by atoms with E-state index in [2.05, 4.69) is 4.90 Å². The third-order valence-electron chi connectivity index (χ3n) is 3.99. The van der Waals surface area contributed by atoms with Gasteiger partial charge in [0.05, 0.1) is 24.4 Å². The molecular formula is C23H47NO3. The molecule has 1 saturated heterocycles. The van der Waals surface area contributed by atoms with Gasteiger partial charge in [-0.05, 0) is 32.0 Å². The molecule has 3 atom stereocenters. The van der Waals surface area contributed by atoms with Crippen LogP contribution in [0, 0.1) is 0 Å². The number of likely N-dealkylation sites (tertiary alicyclic amines) is 1. The standard InChI is InChI=1S/C15H23NO3.4C2H6/c1-16-9-5-8-15(19,10-13(18)11-17)14(16)12-6-3-2-4-7-12;4*1-2/h2-4,6-7,13-14,17-19H,5,8-11H2,1H3;4*1-2H3. The summed E-state index contributed by atoms with van der Waals surface area (Å²) in [5, 5.41) is 29.7. The first-order valence-corrected chi connectivity index (χ1v) is 10.8. The quantitative estimate of drug-likeness (QED) is 0.680. The highest BCUT2D eigenvalue weighted by molar-refractivity contribution is 5.23. The van der Waals surface area contributed by atoms with Gasteiger partial charge in [-0.25, -0.2) is 0 Å². The summed E-state index contributed by atoms with van der Waals surface area (Å²) in [5.74, 6) is 0. The SMILES string of the molecule is CC.CC.CC.CC.CN1CCCC(O)(CC(O)CO)C1c1ccccc1. The molecule has 4 heteroatoms. The molecule has 0 amide bonds. The van der Waals surface area contributed by atoms with Crippen molar-refractivity contribution in [2.45, 2.75) is 92.4 Å². The Labute approximate surface area is 169 Å². The molecule has 27 heavy (non-hydrogen) atoms. The molecule has 1 aromatic rings. The predicted octanol–water partition coefficient (Wildman–Crippen LogP) is 5.03. The molecule has 4 nitrogen and oxygen atoms in total. The lowest BCUT2D eigenvalue weighted by Crippen LogP contribution is -2.51. The molecule has 1 aromatic carbocycles. The van der Waals surface area contributed by atoms with Crippen LogP contribution in [0.15, 0.2) is 30.3 Å². The van der Waals surface area contributed by atoms with E-state index in [-0.39, 0.29) is 19.1 Å². The largest absolute Gasteiger partial charge is 0.394 e. The van der Waals surface area contributed by atoms with E-state index in [0.29, 0.717) is 6.42 Å². The second kappa shape index (κ2) is 19.8. The van der Waals surface area contributed by atoms with Crippen LogP contribution in [0.25, 0.3) is 0 Å². The zero-order valence-electron chi connectivity index (χ0n) is 19.4. The van der Waals surface area contributed by atoms with Crippen LogP contribution in [-0.4, -0.2) is 52.1 Å². The van der Waals surface area contributed by atoms with Gasteiger partial charge in [0.25, 0.3) is 0 Å². The van der Waals surface area contributed by atoms with Gasteiger partial charge < -0.3 is 15.3 Å². The monoisotopic (exact) mass is 385 g/mol. The van der Waals surface area contributed by atoms with E-state index in [1.54, 1.807) is 0 Å². The minimum atomic E-state index is -0.990. The molecule has 3 unspecified atom stereocenters. The molecule has 162 valence electrons. The van der Waals surface area contributed by atoms with Crippen molar-refractivity contribution in [2.24, 2.45) is 0 Å². The maximum absolute atomic E-state index is 10.9. The van der Waals surface area contributed by atoms with Crippen LogP contribution in [0.5, 0.6) is 0 Å². The first-order valence-electron chi connectivity index (χ1n) is 10.8. The van der Waals surface area contributed by atoms with Crippen LogP contribution in [0.1, 0.15) is 86.3 Å². The van der Waals surface area contributed by atoms with Gasteiger partial charge in [-0.15, -0.1) is 0 Å². The molecule has 1 heterocycles. The highest BCUT2D eigenvalue weighted by Crippen LogP contribution is 2.41. The Morgan fingerprint density at radius 2 is 1.48 bits per heavy atom. The molecule has 2 rings (SSSR count). The smallest absolute Gasteiger partial charge is 0.0869 e. The summed E-state index contributed by atoms with van der Waals surface area (Å²) >= 11 is 0. The van der Waals surface area contributed by atoms with Gasteiger partial charge in [0.1, 0.15) is 0 Å². The number of hydrogen-bond donors (Lipinski definition) is 3. The lowest BCUT2D eigenvalue weighted by atomic mass is 9.77. The molecular weight excluding hydrogens is 338 g/mol. The van der Waals surface area contributed by atoms with Crippen molar-refractivity contribution < 1.29 is 15.3 Å². The normalized spacial score (nSPS) is 22.1. The summed E-state index contributed by atoms with van der Waals surface area (Å²) in [6.45, 7) is 16.6. The minimum absolute atomic E-state index is 0.136. The lowest BCUT2D eigenvalue weighted by Gasteiger charge is -2.46. The Bertz CT molecular complexity index is 400. The van der Waals surface area contributed by atoms with E-state index in [0.717, 1.165) is 18.5 Å². The van der Waals surface area contributed by atoms with E-state index < -0.39 is 11.7 Å². The zero-order valence-corrected chi connectivity index (χ0v) is 19.4. The highest BCUT2D eigenvalue weighted by Gasteiger charge is 2.43. The fraction of sp³-hybridized carbons (Fsp3) is 0.739. The number of piperidine rings is 1. The summed E-state index contributed by atoms with van der Waals surface area (Å²) in [5.41, 5.74) is 0.0635. The van der Waals surface area contributed by atoms with Crippen molar-refractivity contribution in [2.75, 3.05) is 20.2 Å². The summed E-state index contributed by atoms with van der Waals surface area (Å²) in [6, 6.07) is 9.74. The fourth-order valence-electron chi connectivity index (χ4n) is 3.20. The molecule has 1 aliphatic heterocycles. The van der Waals surface area contributed by atoms with Crippen molar-refractivity contribution in [3.63, 3.8) is 0 Å². The second-order valence-electron chi connectivity index (χ2n) is 5.54. The third-order valence-corrected chi connectivity index (χ3v) is 3.99. The maximum Gasteiger partial charge on any atom is 0.0869 e. The van der Waals surface area contributed by atoms with E-state index in [1.807, 2.05) is 92.8 Å². The summed E-state index contributed by atoms with van der Waals surface area (Å²) < 4.78 is 0. The lowest BCUT2D eigenvalue weighted by molar-refractivity contribution is -0.105. The Kier molecular flexibility index (Phi) is 22.6. The van der Waals surface area contributed by atoms with Gasteiger partial charge in [0.15, 0.2) is 0 Å². The zero-order chi connectivity index (χ0) is 21.9. The molecule has 0 spiro atoms. The summed E-state index contributed by atoms with van der Waals surface area (Å²) in [6.07, 6.45) is 0.873. The van der Waals surface area contributed by atoms with Crippen LogP contribution in [0.4, 0.5) is 0 Å². The van der Waals surface area contributed by atoms with Crippen molar-refractivity contribution in [3.8, 4) is 0 Å². The van der Waals surface area contributed by atoms with E-state index in [1.165, 1.54) is 0 Å². The molecule has 3 N–H and O–H groups in total. The molecule has 0 radical (unpaired) electrons. The van der Waals surface area contributed by atoms with E-state index >= 15 is 0 Å². The number of benzene rings is 1. The van der Waals surface area contributed by atoms with Crippen LogP contribution < -0.4 is 0 Å². The molecule has 0 aromatic heterocycles. The van der Waals surface area contributed by atoms with E-state index in [9.17, 15) is 10.2 Å². The molecule has 0 aliphatic carbocycles. The first-order chi connectivity index (χ1) is 13.1. The Balaban J connectivity index is -0.000000638. The summed E-state index contributed by atoms with van der Waals surface area (Å²) in [4.78, 5) is 2.13. The molecule has 1 fully saturated rings. The maximum atomic E-state index is 10.9. The number of rotatable bonds is 4. The summed E-state index contributed by atoms with van der Waals surface area (Å²) in [7, 11) is 1.99. The average Bonchev–Trinajstić information content (AvgIpc) is 2.74. The van der Waals surface area contributed by atoms with Gasteiger partial charge in [0.2, 0.25) is 0 Å². The molecule has 0 saturated carbocycles. The van der Waals surface area contributed by atoms with Gasteiger partial charge in [-0.3, -0.25) is 4.90 Å². The first kappa shape index (κ1) is 30.8. The number of aliphatic hydroxyl groups is 3. The van der Waals surface area contributed by atoms with Crippen LogP contribution in [0.3, 0.4) is 0 Å². The van der Waals surface area contributed by atoms with Gasteiger partial charge in [0, 0.05) is 6.42 Å². The second-order valence-corrected chi connectivity index (χ2v) is 5.54. The van der Waals surface area contributed by atoms with Gasteiger partial charge in [-0.1, -0.05) is 85.7 Å². The van der Waals surface area contributed by atoms with Crippen LogP contribution in [-0.2, 0) is 0 Å². The minimum Gasteiger partial charge on any atom is -0.394 e. The molecule has 0 bridgehead atoms. The van der Waals surface area contributed by atoms with Crippen molar-refractivity contribution in [3.05, 3.63) is 35.9 Å².